The number of hydrogen-bond acceptors (Lipinski definition) is 2. The lowest BCUT2D eigenvalue weighted by Crippen LogP contribution is -2.34. The Labute approximate surface area is 115 Å². The van der Waals surface area contributed by atoms with E-state index >= 15 is 0 Å². The summed E-state index contributed by atoms with van der Waals surface area (Å²) in [5.74, 6) is 0. The maximum Gasteiger partial charge on any atom is 0.315 e. The lowest BCUT2D eigenvalue weighted by Gasteiger charge is -2.12. The van der Waals surface area contributed by atoms with Gasteiger partial charge in [-0.3, -0.25) is 0 Å². The minimum atomic E-state index is -0.166. The number of amides is 2. The molecule has 1 fully saturated rings. The molecule has 16 heavy (non-hydrogen) atoms. The molecule has 1 atom stereocenters. The largest absolute Gasteiger partial charge is 0.336 e. The Morgan fingerprint density at radius 2 is 2.19 bits per heavy atom. The Hall–Kier alpha value is -0.460. The molecule has 6 heteroatoms. The molecule has 1 unspecified atom stereocenters. The SMILES string of the molecule is O=C1NCC(C(=S)c2ccc(Br)cc2Br)N1. The van der Waals surface area contributed by atoms with Crippen molar-refractivity contribution in [2.45, 2.75) is 6.04 Å². The third-order valence-electron chi connectivity index (χ3n) is 2.29. The van der Waals surface area contributed by atoms with Crippen LogP contribution in [0.5, 0.6) is 0 Å². The van der Waals surface area contributed by atoms with Crippen LogP contribution < -0.4 is 10.6 Å². The van der Waals surface area contributed by atoms with Crippen molar-refractivity contribution in [1.29, 1.82) is 0 Å². The first-order chi connectivity index (χ1) is 7.58. The number of rotatable bonds is 2. The van der Waals surface area contributed by atoms with E-state index in [2.05, 4.69) is 42.5 Å². The zero-order valence-electron chi connectivity index (χ0n) is 8.09. The molecule has 0 saturated carbocycles. The second-order valence-electron chi connectivity index (χ2n) is 3.40. The summed E-state index contributed by atoms with van der Waals surface area (Å²) in [4.78, 5) is 11.8. The lowest BCUT2D eigenvalue weighted by molar-refractivity contribution is 0.248. The van der Waals surface area contributed by atoms with E-state index in [1.54, 1.807) is 0 Å². The van der Waals surface area contributed by atoms with Crippen molar-refractivity contribution in [3.63, 3.8) is 0 Å². The summed E-state index contributed by atoms with van der Waals surface area (Å²) in [5.41, 5.74) is 0.937. The second-order valence-corrected chi connectivity index (χ2v) is 5.61. The summed E-state index contributed by atoms with van der Waals surface area (Å²) in [5, 5.41) is 5.46. The van der Waals surface area contributed by atoms with Crippen LogP contribution in [0.2, 0.25) is 0 Å². The van der Waals surface area contributed by atoms with Crippen LogP contribution in [0.4, 0.5) is 4.79 Å². The van der Waals surface area contributed by atoms with Gasteiger partial charge in [0.2, 0.25) is 0 Å². The quantitative estimate of drug-likeness (QED) is 0.626. The predicted molar refractivity (Wildman–Crippen MR) is 73.9 cm³/mol. The van der Waals surface area contributed by atoms with Crippen LogP contribution in [0.3, 0.4) is 0 Å². The van der Waals surface area contributed by atoms with E-state index in [0.29, 0.717) is 6.54 Å². The van der Waals surface area contributed by atoms with Gasteiger partial charge in [0.1, 0.15) is 0 Å². The molecular formula is C10H8Br2N2OS. The Kier molecular flexibility index (Phi) is 3.61. The van der Waals surface area contributed by atoms with Crippen molar-refractivity contribution in [2.24, 2.45) is 0 Å². The molecular weight excluding hydrogens is 356 g/mol. The van der Waals surface area contributed by atoms with Crippen LogP contribution in [-0.4, -0.2) is 23.5 Å². The van der Waals surface area contributed by atoms with E-state index in [1.165, 1.54) is 0 Å². The average molecular weight is 364 g/mol. The van der Waals surface area contributed by atoms with E-state index in [9.17, 15) is 4.79 Å². The molecule has 2 N–H and O–H groups in total. The molecule has 0 aliphatic carbocycles. The molecule has 1 heterocycles. The molecule has 84 valence electrons. The number of halogens is 2. The molecule has 1 aromatic carbocycles. The van der Waals surface area contributed by atoms with Gasteiger partial charge in [-0.1, -0.05) is 50.1 Å². The van der Waals surface area contributed by atoms with Gasteiger partial charge in [-0.05, 0) is 12.1 Å². The van der Waals surface area contributed by atoms with Gasteiger partial charge in [0, 0.05) is 25.9 Å². The van der Waals surface area contributed by atoms with Crippen LogP contribution in [0, 0.1) is 0 Å². The standard InChI is InChI=1S/C10H8Br2N2OS/c11-5-1-2-6(7(12)3-5)9(16)8-4-13-10(15)14-8/h1-3,8H,4H2,(H2,13,14,15). The van der Waals surface area contributed by atoms with Crippen LogP contribution in [0.25, 0.3) is 0 Å². The van der Waals surface area contributed by atoms with Crippen molar-refractivity contribution in [2.75, 3.05) is 6.54 Å². The van der Waals surface area contributed by atoms with E-state index < -0.39 is 0 Å². The van der Waals surface area contributed by atoms with E-state index in [-0.39, 0.29) is 12.1 Å². The summed E-state index contributed by atoms with van der Waals surface area (Å²) in [6.07, 6.45) is 0. The molecule has 1 aliphatic rings. The van der Waals surface area contributed by atoms with E-state index in [1.807, 2.05) is 18.2 Å². The maximum absolute atomic E-state index is 11.0. The Balaban J connectivity index is 2.24. The Morgan fingerprint density at radius 1 is 1.44 bits per heavy atom. The Bertz CT molecular complexity index is 464. The number of carbonyl (C=O) groups excluding carboxylic acids is 1. The van der Waals surface area contributed by atoms with Gasteiger partial charge >= 0.3 is 6.03 Å². The first-order valence-corrected chi connectivity index (χ1v) is 6.61. The fourth-order valence-corrected chi connectivity index (χ4v) is 3.20. The molecule has 0 spiro atoms. The molecule has 2 amide bonds. The first-order valence-electron chi connectivity index (χ1n) is 4.61. The molecule has 1 aromatic rings. The summed E-state index contributed by atoms with van der Waals surface area (Å²) in [6.45, 7) is 0.542. The van der Waals surface area contributed by atoms with Crippen molar-refractivity contribution in [3.8, 4) is 0 Å². The van der Waals surface area contributed by atoms with Crippen LogP contribution in [0.1, 0.15) is 5.56 Å². The van der Waals surface area contributed by atoms with Crippen molar-refractivity contribution >= 4 is 55.0 Å². The zero-order chi connectivity index (χ0) is 11.7. The third kappa shape index (κ3) is 2.44. The van der Waals surface area contributed by atoms with Gasteiger partial charge in [0.05, 0.1) is 6.04 Å². The van der Waals surface area contributed by atoms with Gasteiger partial charge in [0.25, 0.3) is 0 Å². The zero-order valence-corrected chi connectivity index (χ0v) is 12.1. The smallest absolute Gasteiger partial charge is 0.315 e. The lowest BCUT2D eigenvalue weighted by atomic mass is 10.1. The number of carbonyl (C=O) groups is 1. The van der Waals surface area contributed by atoms with Gasteiger partial charge in [-0.2, -0.15) is 0 Å². The fourth-order valence-electron chi connectivity index (χ4n) is 1.49. The van der Waals surface area contributed by atoms with Crippen LogP contribution >= 0.6 is 44.1 Å². The summed E-state index contributed by atoms with van der Waals surface area (Å²) in [7, 11) is 0. The molecule has 0 aromatic heterocycles. The van der Waals surface area contributed by atoms with Crippen molar-refractivity contribution in [3.05, 3.63) is 32.7 Å². The van der Waals surface area contributed by atoms with Crippen molar-refractivity contribution < 1.29 is 4.79 Å². The highest BCUT2D eigenvalue weighted by Gasteiger charge is 2.25. The van der Waals surface area contributed by atoms with Crippen LogP contribution in [0.15, 0.2) is 27.1 Å². The second kappa shape index (κ2) is 4.81. The average Bonchev–Trinajstić information content (AvgIpc) is 2.64. The summed E-state index contributed by atoms with van der Waals surface area (Å²) >= 11 is 12.2. The topological polar surface area (TPSA) is 41.1 Å². The molecule has 0 bridgehead atoms. The molecule has 3 nitrogen and oxygen atoms in total. The van der Waals surface area contributed by atoms with E-state index in [0.717, 1.165) is 19.4 Å². The first kappa shape index (κ1) is 12.0. The third-order valence-corrected chi connectivity index (χ3v) is 3.94. The number of hydrogen-bond donors (Lipinski definition) is 2. The van der Waals surface area contributed by atoms with Crippen LogP contribution in [-0.2, 0) is 0 Å². The van der Waals surface area contributed by atoms with Gasteiger partial charge < -0.3 is 10.6 Å². The minimum absolute atomic E-state index is 0.111. The molecule has 2 rings (SSSR count). The number of thiocarbonyl (C=S) groups is 1. The number of urea groups is 1. The highest BCUT2D eigenvalue weighted by molar-refractivity contribution is 9.11. The van der Waals surface area contributed by atoms with Gasteiger partial charge in [-0.25, -0.2) is 4.79 Å². The van der Waals surface area contributed by atoms with E-state index in [4.69, 9.17) is 12.2 Å². The normalized spacial score (nSPS) is 19.1. The molecule has 1 aliphatic heterocycles. The fraction of sp³-hybridized carbons (Fsp3) is 0.200. The van der Waals surface area contributed by atoms with Crippen molar-refractivity contribution in [1.82, 2.24) is 10.6 Å². The minimum Gasteiger partial charge on any atom is -0.336 e. The monoisotopic (exact) mass is 362 g/mol. The number of nitrogens with one attached hydrogen (secondary N) is 2. The number of benzene rings is 1. The highest BCUT2D eigenvalue weighted by Crippen LogP contribution is 2.23. The highest BCUT2D eigenvalue weighted by atomic mass is 79.9. The predicted octanol–water partition coefficient (Wildman–Crippen LogP) is 2.61. The summed E-state index contributed by atoms with van der Waals surface area (Å²) in [6, 6.07) is 5.52. The molecule has 0 radical (unpaired) electrons. The van der Waals surface area contributed by atoms with Gasteiger partial charge in [-0.15, -0.1) is 0 Å². The maximum atomic E-state index is 11.0. The molecule has 1 saturated heterocycles. The Morgan fingerprint density at radius 3 is 2.75 bits per heavy atom. The summed E-state index contributed by atoms with van der Waals surface area (Å²) < 4.78 is 1.91. The van der Waals surface area contributed by atoms with Gasteiger partial charge in [0.15, 0.2) is 0 Å².